The fraction of sp³-hybridized carbons (Fsp3) is 0.417. The predicted octanol–water partition coefficient (Wildman–Crippen LogP) is -0.0138. The number of rotatable bonds is 2. The molecule has 2 rings (SSSR count). The molecule has 0 radical (unpaired) electrons. The molecule has 1 aromatic heterocycles. The Hall–Kier alpha value is -1.95. The molecule has 6 nitrogen and oxygen atoms in total. The molecule has 2 N–H and O–H groups in total. The number of anilines is 1. The second kappa shape index (κ2) is 4.73. The Labute approximate surface area is 105 Å². The molecule has 0 bridgehead atoms. The van der Waals surface area contributed by atoms with Crippen LogP contribution in [0.1, 0.15) is 25.5 Å². The predicted molar refractivity (Wildman–Crippen MR) is 64.8 cm³/mol. The molecule has 1 saturated heterocycles. The van der Waals surface area contributed by atoms with Crippen LogP contribution in [-0.2, 0) is 9.59 Å². The quantitative estimate of drug-likeness (QED) is 0.720. The highest BCUT2D eigenvalue weighted by Gasteiger charge is 2.30. The van der Waals surface area contributed by atoms with Crippen molar-refractivity contribution in [2.45, 2.75) is 26.0 Å². The van der Waals surface area contributed by atoms with E-state index in [4.69, 9.17) is 0 Å². The van der Waals surface area contributed by atoms with Crippen molar-refractivity contribution in [1.82, 2.24) is 10.3 Å². The van der Waals surface area contributed by atoms with Crippen LogP contribution in [0.5, 0.6) is 0 Å². The van der Waals surface area contributed by atoms with Gasteiger partial charge in [-0.25, -0.2) is 4.98 Å². The summed E-state index contributed by atoms with van der Waals surface area (Å²) in [5.41, 5.74) is 0.694. The Balaban J connectivity index is 2.24. The van der Waals surface area contributed by atoms with Gasteiger partial charge >= 0.3 is 0 Å². The summed E-state index contributed by atoms with van der Waals surface area (Å²) in [5.74, 6) is -0.109. The first-order valence-electron chi connectivity index (χ1n) is 5.73. The highest BCUT2D eigenvalue weighted by Crippen LogP contribution is 2.19. The summed E-state index contributed by atoms with van der Waals surface area (Å²) in [5, 5.41) is 11.7. The number of nitrogens with zero attached hydrogens (tertiary/aromatic N) is 2. The molecule has 0 saturated carbocycles. The fourth-order valence-corrected chi connectivity index (χ4v) is 1.81. The van der Waals surface area contributed by atoms with Crippen LogP contribution in [0, 0.1) is 0 Å². The lowest BCUT2D eigenvalue weighted by Crippen LogP contribution is -2.57. The van der Waals surface area contributed by atoms with E-state index < -0.39 is 12.1 Å². The Morgan fingerprint density at radius 3 is 2.78 bits per heavy atom. The largest absolute Gasteiger partial charge is 0.389 e. The third-order valence-corrected chi connectivity index (χ3v) is 2.97. The number of nitrogens with one attached hydrogen (secondary N) is 1. The van der Waals surface area contributed by atoms with Gasteiger partial charge in [-0.3, -0.25) is 14.9 Å². The van der Waals surface area contributed by atoms with Crippen LogP contribution in [0.3, 0.4) is 0 Å². The van der Waals surface area contributed by atoms with Crippen LogP contribution in [-0.4, -0.2) is 34.5 Å². The van der Waals surface area contributed by atoms with Gasteiger partial charge in [0.15, 0.2) is 0 Å². The molecule has 0 aliphatic carbocycles. The zero-order chi connectivity index (χ0) is 13.3. The maximum atomic E-state index is 11.5. The monoisotopic (exact) mass is 249 g/mol. The zero-order valence-corrected chi connectivity index (χ0v) is 10.3. The molecule has 0 spiro atoms. The van der Waals surface area contributed by atoms with E-state index in [1.165, 1.54) is 0 Å². The summed E-state index contributed by atoms with van der Waals surface area (Å²) in [6.07, 6.45) is 0.958. The van der Waals surface area contributed by atoms with Crippen molar-refractivity contribution in [3.63, 3.8) is 0 Å². The van der Waals surface area contributed by atoms with Crippen LogP contribution in [0.2, 0.25) is 0 Å². The number of piperazine rings is 1. The van der Waals surface area contributed by atoms with Crippen LogP contribution in [0.25, 0.3) is 0 Å². The van der Waals surface area contributed by atoms with E-state index in [9.17, 15) is 14.7 Å². The van der Waals surface area contributed by atoms with Crippen molar-refractivity contribution in [2.24, 2.45) is 0 Å². The molecule has 96 valence electrons. The van der Waals surface area contributed by atoms with Gasteiger partial charge in [0.25, 0.3) is 0 Å². The fourth-order valence-electron chi connectivity index (χ4n) is 1.81. The normalized spacial score (nSPS) is 21.7. The lowest BCUT2D eigenvalue weighted by atomic mass is 10.1. The average Bonchev–Trinajstić information content (AvgIpc) is 2.34. The SMILES string of the molecule is CC(O)c1ccc(N2CC(=O)NC(=O)C2C)nc1. The van der Waals surface area contributed by atoms with Gasteiger partial charge in [0, 0.05) is 6.20 Å². The van der Waals surface area contributed by atoms with Crippen molar-refractivity contribution in [3.8, 4) is 0 Å². The average molecular weight is 249 g/mol. The first-order valence-corrected chi connectivity index (χ1v) is 5.73. The number of pyridine rings is 1. The van der Waals surface area contributed by atoms with Crippen LogP contribution in [0.15, 0.2) is 18.3 Å². The number of aromatic nitrogens is 1. The van der Waals surface area contributed by atoms with Gasteiger partial charge < -0.3 is 10.0 Å². The second-order valence-corrected chi connectivity index (χ2v) is 4.34. The Kier molecular flexibility index (Phi) is 3.29. The Morgan fingerprint density at radius 2 is 2.22 bits per heavy atom. The number of hydrogen-bond acceptors (Lipinski definition) is 5. The van der Waals surface area contributed by atoms with Crippen molar-refractivity contribution in [2.75, 3.05) is 11.4 Å². The summed E-state index contributed by atoms with van der Waals surface area (Å²) in [6.45, 7) is 3.47. The van der Waals surface area contributed by atoms with Gasteiger partial charge in [-0.05, 0) is 25.5 Å². The molecule has 1 aliphatic rings. The zero-order valence-electron chi connectivity index (χ0n) is 10.3. The van der Waals surface area contributed by atoms with Crippen LogP contribution >= 0.6 is 0 Å². The van der Waals surface area contributed by atoms with Crippen molar-refractivity contribution in [3.05, 3.63) is 23.9 Å². The summed E-state index contributed by atoms with van der Waals surface area (Å²) < 4.78 is 0. The lowest BCUT2D eigenvalue weighted by Gasteiger charge is -2.32. The first kappa shape index (κ1) is 12.5. The van der Waals surface area contributed by atoms with E-state index in [1.54, 1.807) is 37.1 Å². The van der Waals surface area contributed by atoms with Gasteiger partial charge in [-0.1, -0.05) is 6.07 Å². The summed E-state index contributed by atoms with van der Waals surface area (Å²) in [7, 11) is 0. The van der Waals surface area contributed by atoms with Crippen molar-refractivity contribution < 1.29 is 14.7 Å². The molecular weight excluding hydrogens is 234 g/mol. The second-order valence-electron chi connectivity index (χ2n) is 4.34. The molecule has 2 atom stereocenters. The number of carbonyl (C=O) groups excluding carboxylic acids is 2. The van der Waals surface area contributed by atoms with E-state index in [1.807, 2.05) is 0 Å². The summed E-state index contributed by atoms with van der Waals surface area (Å²) in [4.78, 5) is 28.7. The first-order chi connectivity index (χ1) is 8.49. The van der Waals surface area contributed by atoms with Gasteiger partial charge in [0.05, 0.1) is 12.6 Å². The number of aliphatic hydroxyl groups excluding tert-OH is 1. The van der Waals surface area contributed by atoms with E-state index in [0.717, 1.165) is 0 Å². The van der Waals surface area contributed by atoms with Crippen LogP contribution in [0.4, 0.5) is 5.82 Å². The molecule has 1 fully saturated rings. The van der Waals surface area contributed by atoms with Crippen molar-refractivity contribution in [1.29, 1.82) is 0 Å². The highest BCUT2D eigenvalue weighted by atomic mass is 16.3. The molecule has 1 aromatic rings. The highest BCUT2D eigenvalue weighted by molar-refractivity contribution is 6.04. The van der Waals surface area contributed by atoms with E-state index in [0.29, 0.717) is 11.4 Å². The minimum Gasteiger partial charge on any atom is -0.389 e. The van der Waals surface area contributed by atoms with E-state index in [2.05, 4.69) is 10.3 Å². The van der Waals surface area contributed by atoms with E-state index >= 15 is 0 Å². The maximum Gasteiger partial charge on any atom is 0.249 e. The summed E-state index contributed by atoms with van der Waals surface area (Å²) >= 11 is 0. The number of carbonyl (C=O) groups is 2. The number of imide groups is 1. The summed E-state index contributed by atoms with van der Waals surface area (Å²) in [6, 6.07) is 2.99. The third-order valence-electron chi connectivity index (χ3n) is 2.97. The third kappa shape index (κ3) is 2.33. The maximum absolute atomic E-state index is 11.5. The molecule has 6 heteroatoms. The number of hydrogen-bond donors (Lipinski definition) is 2. The Bertz CT molecular complexity index is 470. The molecule has 2 unspecified atom stereocenters. The molecule has 2 heterocycles. The minimum atomic E-state index is -0.588. The smallest absolute Gasteiger partial charge is 0.249 e. The van der Waals surface area contributed by atoms with Gasteiger partial charge in [0.1, 0.15) is 11.9 Å². The molecular formula is C12H15N3O3. The molecule has 1 aliphatic heterocycles. The van der Waals surface area contributed by atoms with Gasteiger partial charge in [0.2, 0.25) is 11.8 Å². The van der Waals surface area contributed by atoms with Gasteiger partial charge in [-0.15, -0.1) is 0 Å². The standard InChI is InChI=1S/C12H15N3O3/c1-7-12(18)14-11(17)6-15(7)10-4-3-9(5-13-10)8(2)16/h3-5,7-8,16H,6H2,1-2H3,(H,14,17,18). The molecule has 0 aromatic carbocycles. The molecule has 18 heavy (non-hydrogen) atoms. The number of aliphatic hydroxyl groups is 1. The topological polar surface area (TPSA) is 82.5 Å². The van der Waals surface area contributed by atoms with Crippen molar-refractivity contribution >= 4 is 17.6 Å². The van der Waals surface area contributed by atoms with E-state index in [-0.39, 0.29) is 18.4 Å². The lowest BCUT2D eigenvalue weighted by molar-refractivity contribution is -0.132. The van der Waals surface area contributed by atoms with Crippen LogP contribution < -0.4 is 10.2 Å². The van der Waals surface area contributed by atoms with Gasteiger partial charge in [-0.2, -0.15) is 0 Å². The number of amides is 2. The molecule has 2 amide bonds. The minimum absolute atomic E-state index is 0.105. The Morgan fingerprint density at radius 1 is 1.50 bits per heavy atom.